The minimum atomic E-state index is -1.13. The van der Waals surface area contributed by atoms with Gasteiger partial charge in [0.1, 0.15) is 11.4 Å². The van der Waals surface area contributed by atoms with Crippen molar-refractivity contribution in [2.24, 2.45) is 0 Å². The van der Waals surface area contributed by atoms with Crippen LogP contribution in [0.3, 0.4) is 0 Å². The summed E-state index contributed by atoms with van der Waals surface area (Å²) in [6, 6.07) is 3.19. The summed E-state index contributed by atoms with van der Waals surface area (Å²) in [7, 11) is 0. The average molecular weight is 310 g/mol. The van der Waals surface area contributed by atoms with E-state index in [1.807, 2.05) is 13.8 Å². The molecule has 2 rings (SSSR count). The number of aromatic amines is 1. The van der Waals surface area contributed by atoms with Gasteiger partial charge in [0.05, 0.1) is 10.7 Å². The third-order valence-corrected chi connectivity index (χ3v) is 3.23. The number of halogens is 1. The molecule has 0 spiro atoms. The Kier molecular flexibility index (Phi) is 4.09. The van der Waals surface area contributed by atoms with Crippen molar-refractivity contribution in [3.8, 4) is 0 Å². The fourth-order valence-electron chi connectivity index (χ4n) is 2.10. The van der Waals surface area contributed by atoms with E-state index in [1.165, 1.54) is 0 Å². The number of anilines is 1. The first-order valence-corrected chi connectivity index (χ1v) is 6.79. The zero-order valence-corrected chi connectivity index (χ0v) is 12.7. The molecule has 2 aromatic rings. The van der Waals surface area contributed by atoms with E-state index in [9.17, 15) is 9.59 Å². The highest BCUT2D eigenvalue weighted by molar-refractivity contribution is 6.31. The molecule has 6 nitrogen and oxygen atoms in total. The largest absolute Gasteiger partial charge is 0.477 e. The number of amides is 1. The van der Waals surface area contributed by atoms with E-state index in [1.54, 1.807) is 29.8 Å². The smallest absolute Gasteiger partial charge is 0.354 e. The van der Waals surface area contributed by atoms with Crippen molar-refractivity contribution in [2.75, 3.05) is 5.32 Å². The summed E-state index contributed by atoms with van der Waals surface area (Å²) in [5, 5.41) is 12.2. The second kappa shape index (κ2) is 5.65. The van der Waals surface area contributed by atoms with Crippen molar-refractivity contribution in [3.63, 3.8) is 0 Å². The number of rotatable bonds is 4. The number of aryl methyl sites for hydroxylation is 1. The van der Waals surface area contributed by atoms with Gasteiger partial charge in [0, 0.05) is 17.9 Å². The fraction of sp³-hybridized carbons (Fsp3) is 0.286. The maximum atomic E-state index is 12.3. The normalized spacial score (nSPS) is 10.9. The zero-order valence-electron chi connectivity index (χ0n) is 11.9. The third-order valence-electron chi connectivity index (χ3n) is 3.02. The van der Waals surface area contributed by atoms with Crippen molar-refractivity contribution in [1.82, 2.24) is 9.55 Å². The van der Waals surface area contributed by atoms with Gasteiger partial charge < -0.3 is 20.0 Å². The first-order chi connectivity index (χ1) is 9.79. The molecule has 0 radical (unpaired) electrons. The Labute approximate surface area is 126 Å². The summed E-state index contributed by atoms with van der Waals surface area (Å²) >= 11 is 5.94. The summed E-state index contributed by atoms with van der Waals surface area (Å²) in [6.07, 6.45) is 1.67. The van der Waals surface area contributed by atoms with E-state index in [0.717, 1.165) is 0 Å². The standard InChI is InChI=1S/C14H16ClN3O3/c1-7(2)18-6-9(15)5-11(18)13(19)17-10-4-8(3)16-12(10)14(20)21/h4-7,16H,1-3H3,(H,17,19)(H,20,21). The molecule has 0 atom stereocenters. The van der Waals surface area contributed by atoms with Gasteiger partial charge in [-0.2, -0.15) is 0 Å². The van der Waals surface area contributed by atoms with Gasteiger partial charge >= 0.3 is 5.97 Å². The van der Waals surface area contributed by atoms with Crippen molar-refractivity contribution < 1.29 is 14.7 Å². The van der Waals surface area contributed by atoms with Crippen LogP contribution in [-0.4, -0.2) is 26.5 Å². The van der Waals surface area contributed by atoms with E-state index in [4.69, 9.17) is 16.7 Å². The van der Waals surface area contributed by atoms with Gasteiger partial charge in [-0.25, -0.2) is 4.79 Å². The number of nitrogens with one attached hydrogen (secondary N) is 2. The lowest BCUT2D eigenvalue weighted by molar-refractivity contribution is 0.0692. The molecule has 112 valence electrons. The molecular formula is C14H16ClN3O3. The van der Waals surface area contributed by atoms with Crippen LogP contribution in [0.25, 0.3) is 0 Å². The van der Waals surface area contributed by atoms with Gasteiger partial charge in [-0.1, -0.05) is 11.6 Å². The number of hydrogen-bond acceptors (Lipinski definition) is 2. The van der Waals surface area contributed by atoms with Gasteiger partial charge in [0.15, 0.2) is 0 Å². The number of carbonyl (C=O) groups is 2. The number of carboxylic acid groups (broad SMARTS) is 1. The van der Waals surface area contributed by atoms with Crippen molar-refractivity contribution in [2.45, 2.75) is 26.8 Å². The lowest BCUT2D eigenvalue weighted by atomic mass is 10.3. The number of hydrogen-bond donors (Lipinski definition) is 3. The summed E-state index contributed by atoms with van der Waals surface area (Å²) in [4.78, 5) is 26.2. The molecular weight excluding hydrogens is 294 g/mol. The van der Waals surface area contributed by atoms with Crippen LogP contribution < -0.4 is 5.32 Å². The van der Waals surface area contributed by atoms with Crippen molar-refractivity contribution in [3.05, 3.63) is 40.4 Å². The van der Waals surface area contributed by atoms with Gasteiger partial charge in [-0.15, -0.1) is 0 Å². The molecule has 0 bridgehead atoms. The molecule has 0 unspecified atom stereocenters. The second-order valence-electron chi connectivity index (χ2n) is 5.04. The predicted molar refractivity (Wildman–Crippen MR) is 80.3 cm³/mol. The van der Waals surface area contributed by atoms with Crippen LogP contribution in [-0.2, 0) is 0 Å². The molecule has 3 N–H and O–H groups in total. The van der Waals surface area contributed by atoms with Gasteiger partial charge in [0.25, 0.3) is 5.91 Å². The summed E-state index contributed by atoms with van der Waals surface area (Å²) in [6.45, 7) is 5.57. The minimum Gasteiger partial charge on any atom is -0.477 e. The van der Waals surface area contributed by atoms with Crippen molar-refractivity contribution >= 4 is 29.2 Å². The predicted octanol–water partition coefficient (Wildman–Crippen LogP) is 3.31. The average Bonchev–Trinajstić information content (AvgIpc) is 2.92. The first kappa shape index (κ1) is 15.2. The summed E-state index contributed by atoms with van der Waals surface area (Å²) < 4.78 is 1.73. The van der Waals surface area contributed by atoms with Crippen LogP contribution in [0.4, 0.5) is 5.69 Å². The highest BCUT2D eigenvalue weighted by atomic mass is 35.5. The molecule has 0 saturated carbocycles. The summed E-state index contributed by atoms with van der Waals surface area (Å²) in [5.74, 6) is -1.53. The number of nitrogens with zero attached hydrogens (tertiary/aromatic N) is 1. The Bertz CT molecular complexity index is 700. The molecule has 2 heterocycles. The monoisotopic (exact) mass is 309 g/mol. The van der Waals surface area contributed by atoms with E-state index in [2.05, 4.69) is 10.3 Å². The molecule has 0 fully saturated rings. The minimum absolute atomic E-state index is 0.0467. The lowest BCUT2D eigenvalue weighted by Gasteiger charge is -2.12. The van der Waals surface area contributed by atoms with E-state index in [-0.39, 0.29) is 17.4 Å². The quantitative estimate of drug-likeness (QED) is 0.809. The summed E-state index contributed by atoms with van der Waals surface area (Å²) in [5.41, 5.74) is 1.22. The highest BCUT2D eigenvalue weighted by Gasteiger charge is 2.19. The van der Waals surface area contributed by atoms with E-state index in [0.29, 0.717) is 16.4 Å². The molecule has 0 aromatic carbocycles. The maximum absolute atomic E-state index is 12.3. The number of carboxylic acids is 1. The Hall–Kier alpha value is -2.21. The van der Waals surface area contributed by atoms with E-state index < -0.39 is 11.9 Å². The SMILES string of the molecule is Cc1cc(NC(=O)c2cc(Cl)cn2C(C)C)c(C(=O)O)[nH]1. The number of H-pyrrole nitrogens is 1. The molecule has 21 heavy (non-hydrogen) atoms. The van der Waals surface area contributed by atoms with Crippen LogP contribution >= 0.6 is 11.6 Å². The number of aromatic carboxylic acids is 1. The Morgan fingerprint density at radius 3 is 2.62 bits per heavy atom. The third kappa shape index (κ3) is 3.11. The molecule has 0 aliphatic rings. The molecule has 7 heteroatoms. The maximum Gasteiger partial charge on any atom is 0.354 e. The van der Waals surface area contributed by atoms with Crippen LogP contribution in [0.15, 0.2) is 18.3 Å². The number of aromatic nitrogens is 2. The van der Waals surface area contributed by atoms with Gasteiger partial charge in [-0.05, 0) is 32.9 Å². The second-order valence-corrected chi connectivity index (χ2v) is 5.48. The molecule has 1 amide bonds. The van der Waals surface area contributed by atoms with Crippen LogP contribution in [0.1, 0.15) is 46.6 Å². The van der Waals surface area contributed by atoms with Crippen LogP contribution in [0.5, 0.6) is 0 Å². The fourth-order valence-corrected chi connectivity index (χ4v) is 2.31. The van der Waals surface area contributed by atoms with E-state index >= 15 is 0 Å². The topological polar surface area (TPSA) is 87.1 Å². The molecule has 0 aliphatic carbocycles. The van der Waals surface area contributed by atoms with Gasteiger partial charge in [0.2, 0.25) is 0 Å². The zero-order chi connectivity index (χ0) is 15.7. The first-order valence-electron chi connectivity index (χ1n) is 6.41. The Balaban J connectivity index is 2.33. The molecule has 0 aliphatic heterocycles. The Morgan fingerprint density at radius 2 is 2.05 bits per heavy atom. The van der Waals surface area contributed by atoms with Crippen molar-refractivity contribution in [1.29, 1.82) is 0 Å². The van der Waals surface area contributed by atoms with Gasteiger partial charge in [-0.3, -0.25) is 4.79 Å². The Morgan fingerprint density at radius 1 is 1.38 bits per heavy atom. The molecule has 0 saturated heterocycles. The van der Waals surface area contributed by atoms with Crippen LogP contribution in [0.2, 0.25) is 5.02 Å². The van der Waals surface area contributed by atoms with Crippen LogP contribution in [0, 0.1) is 6.92 Å². The highest BCUT2D eigenvalue weighted by Crippen LogP contribution is 2.22. The number of carbonyl (C=O) groups excluding carboxylic acids is 1. The molecule has 2 aromatic heterocycles. The lowest BCUT2D eigenvalue weighted by Crippen LogP contribution is -2.18.